The Kier molecular flexibility index (Phi) is 3.46. The van der Waals surface area contributed by atoms with Gasteiger partial charge in [-0.3, -0.25) is 9.78 Å². The number of aromatic nitrogens is 2. The number of amides is 1. The molecule has 4 nitrogen and oxygen atoms in total. The second-order valence-corrected chi connectivity index (χ2v) is 5.43. The van der Waals surface area contributed by atoms with E-state index >= 15 is 0 Å². The minimum Gasteiger partial charge on any atom is -0.344 e. The van der Waals surface area contributed by atoms with Crippen molar-refractivity contribution in [1.82, 2.24) is 15.3 Å². The molecule has 19 heavy (non-hydrogen) atoms. The zero-order valence-electron chi connectivity index (χ0n) is 10.2. The summed E-state index contributed by atoms with van der Waals surface area (Å²) >= 11 is 1.84. The Morgan fingerprint density at radius 2 is 2.21 bits per heavy atom. The van der Waals surface area contributed by atoms with Gasteiger partial charge in [-0.1, -0.05) is 18.2 Å². The number of carbonyl (C=O) groups is 1. The average molecular weight is 271 g/mol. The van der Waals surface area contributed by atoms with Crippen LogP contribution >= 0.6 is 11.8 Å². The van der Waals surface area contributed by atoms with Crippen LogP contribution in [-0.2, 0) is 0 Å². The van der Waals surface area contributed by atoms with E-state index in [1.165, 1.54) is 22.9 Å². The van der Waals surface area contributed by atoms with Crippen molar-refractivity contribution in [2.24, 2.45) is 0 Å². The summed E-state index contributed by atoms with van der Waals surface area (Å²) in [5.41, 5.74) is 1.55. The molecule has 0 aliphatic carbocycles. The molecule has 1 aromatic heterocycles. The van der Waals surface area contributed by atoms with Gasteiger partial charge in [0.15, 0.2) is 0 Å². The molecule has 0 bridgehead atoms. The number of nitrogens with zero attached hydrogens (tertiary/aromatic N) is 2. The number of thioether (sulfide) groups is 1. The quantitative estimate of drug-likeness (QED) is 0.911. The predicted molar refractivity (Wildman–Crippen MR) is 74.0 cm³/mol. The van der Waals surface area contributed by atoms with Gasteiger partial charge in [-0.25, -0.2) is 4.98 Å². The predicted octanol–water partition coefficient (Wildman–Crippen LogP) is 2.44. The normalized spacial score (nSPS) is 17.6. The molecule has 96 valence electrons. The van der Waals surface area contributed by atoms with Crippen molar-refractivity contribution in [3.8, 4) is 0 Å². The Labute approximate surface area is 115 Å². The van der Waals surface area contributed by atoms with E-state index in [0.717, 1.165) is 12.2 Å². The van der Waals surface area contributed by atoms with Crippen molar-refractivity contribution >= 4 is 17.7 Å². The van der Waals surface area contributed by atoms with E-state index in [1.807, 2.05) is 23.9 Å². The van der Waals surface area contributed by atoms with E-state index < -0.39 is 0 Å². The van der Waals surface area contributed by atoms with Gasteiger partial charge in [-0.2, -0.15) is 0 Å². The van der Waals surface area contributed by atoms with Gasteiger partial charge in [-0.15, -0.1) is 11.8 Å². The van der Waals surface area contributed by atoms with Crippen LogP contribution in [0.15, 0.2) is 47.8 Å². The van der Waals surface area contributed by atoms with Gasteiger partial charge in [0.1, 0.15) is 5.69 Å². The number of carbonyl (C=O) groups excluding carboxylic acids is 1. The second kappa shape index (κ2) is 5.40. The van der Waals surface area contributed by atoms with E-state index in [2.05, 4.69) is 27.4 Å². The van der Waals surface area contributed by atoms with E-state index in [-0.39, 0.29) is 11.9 Å². The van der Waals surface area contributed by atoms with Crippen LogP contribution in [0, 0.1) is 0 Å². The molecule has 3 rings (SSSR count). The summed E-state index contributed by atoms with van der Waals surface area (Å²) in [4.78, 5) is 21.3. The summed E-state index contributed by atoms with van der Waals surface area (Å²) < 4.78 is 0. The molecule has 1 aliphatic heterocycles. The first-order valence-corrected chi connectivity index (χ1v) is 7.12. The van der Waals surface area contributed by atoms with E-state index in [1.54, 1.807) is 6.20 Å². The van der Waals surface area contributed by atoms with E-state index in [9.17, 15) is 4.79 Å². The van der Waals surface area contributed by atoms with Crippen LogP contribution in [0.2, 0.25) is 0 Å². The summed E-state index contributed by atoms with van der Waals surface area (Å²) in [6.45, 7) is 0. The SMILES string of the molecule is O=C(N[C@@H]1CCSc2ccccc21)c1cnccn1. The van der Waals surface area contributed by atoms with Crippen LogP contribution < -0.4 is 5.32 Å². The molecule has 0 spiro atoms. The third-order valence-corrected chi connectivity index (χ3v) is 4.18. The van der Waals surface area contributed by atoms with Gasteiger partial charge >= 0.3 is 0 Å². The molecule has 0 saturated heterocycles. The number of hydrogen-bond donors (Lipinski definition) is 1. The highest BCUT2D eigenvalue weighted by atomic mass is 32.2. The van der Waals surface area contributed by atoms with Crippen LogP contribution in [0.25, 0.3) is 0 Å². The van der Waals surface area contributed by atoms with Crippen LogP contribution in [-0.4, -0.2) is 21.6 Å². The first-order chi connectivity index (χ1) is 9.34. The van der Waals surface area contributed by atoms with Gasteiger partial charge < -0.3 is 5.32 Å². The van der Waals surface area contributed by atoms with Gasteiger partial charge in [0.2, 0.25) is 0 Å². The molecule has 0 fully saturated rings. The van der Waals surface area contributed by atoms with Crippen LogP contribution in [0.1, 0.15) is 28.5 Å². The van der Waals surface area contributed by atoms with Gasteiger partial charge in [0.25, 0.3) is 5.91 Å². The number of fused-ring (bicyclic) bond motifs is 1. The molecule has 5 heteroatoms. The fourth-order valence-electron chi connectivity index (χ4n) is 2.14. The molecule has 1 aromatic carbocycles. The summed E-state index contributed by atoms with van der Waals surface area (Å²) in [6, 6.07) is 8.27. The van der Waals surface area contributed by atoms with Crippen LogP contribution in [0.4, 0.5) is 0 Å². The summed E-state index contributed by atoms with van der Waals surface area (Å²) in [5.74, 6) is 0.849. The fraction of sp³-hybridized carbons (Fsp3) is 0.214. The molecule has 1 amide bonds. The van der Waals surface area contributed by atoms with Gasteiger partial charge in [-0.05, 0) is 18.1 Å². The standard InChI is InChI=1S/C14H13N3OS/c18-14(12-9-15-6-7-16-12)17-11-5-8-19-13-4-2-1-3-10(11)13/h1-4,6-7,9,11H,5,8H2,(H,17,18)/t11-/m1/s1. The molecular formula is C14H13N3OS. The Morgan fingerprint density at radius 1 is 1.32 bits per heavy atom. The van der Waals surface area contributed by atoms with E-state index in [4.69, 9.17) is 0 Å². The maximum Gasteiger partial charge on any atom is 0.271 e. The lowest BCUT2D eigenvalue weighted by Crippen LogP contribution is -2.31. The molecular weight excluding hydrogens is 258 g/mol. The van der Waals surface area contributed by atoms with Crippen molar-refractivity contribution in [2.45, 2.75) is 17.4 Å². The Morgan fingerprint density at radius 3 is 3.05 bits per heavy atom. The highest BCUT2D eigenvalue weighted by Gasteiger charge is 2.22. The second-order valence-electron chi connectivity index (χ2n) is 4.29. The number of benzene rings is 1. The topological polar surface area (TPSA) is 54.9 Å². The molecule has 1 aliphatic rings. The molecule has 0 radical (unpaired) electrons. The molecule has 0 unspecified atom stereocenters. The minimum absolute atomic E-state index is 0.0620. The van der Waals surface area contributed by atoms with Crippen molar-refractivity contribution in [2.75, 3.05) is 5.75 Å². The zero-order valence-corrected chi connectivity index (χ0v) is 11.1. The molecule has 1 N–H and O–H groups in total. The van der Waals surface area contributed by atoms with Crippen molar-refractivity contribution < 1.29 is 4.79 Å². The first kappa shape index (κ1) is 12.2. The Bertz CT molecular complexity index is 588. The highest BCUT2D eigenvalue weighted by Crippen LogP contribution is 2.35. The lowest BCUT2D eigenvalue weighted by Gasteiger charge is -2.25. The molecule has 1 atom stereocenters. The van der Waals surface area contributed by atoms with Crippen molar-refractivity contribution in [3.63, 3.8) is 0 Å². The van der Waals surface area contributed by atoms with E-state index in [0.29, 0.717) is 5.69 Å². The van der Waals surface area contributed by atoms with Crippen LogP contribution in [0.5, 0.6) is 0 Å². The average Bonchev–Trinajstić information content (AvgIpc) is 2.48. The molecule has 0 saturated carbocycles. The maximum absolute atomic E-state index is 12.1. The molecule has 2 heterocycles. The van der Waals surface area contributed by atoms with Crippen molar-refractivity contribution in [1.29, 1.82) is 0 Å². The van der Waals surface area contributed by atoms with Gasteiger partial charge in [0.05, 0.1) is 12.2 Å². The zero-order chi connectivity index (χ0) is 13.1. The third-order valence-electron chi connectivity index (χ3n) is 3.06. The monoisotopic (exact) mass is 271 g/mol. The van der Waals surface area contributed by atoms with Crippen LogP contribution in [0.3, 0.4) is 0 Å². The lowest BCUT2D eigenvalue weighted by molar-refractivity contribution is 0.0929. The Hall–Kier alpha value is -1.88. The minimum atomic E-state index is -0.167. The maximum atomic E-state index is 12.1. The third kappa shape index (κ3) is 2.61. The highest BCUT2D eigenvalue weighted by molar-refractivity contribution is 7.99. The molecule has 2 aromatic rings. The number of hydrogen-bond acceptors (Lipinski definition) is 4. The first-order valence-electron chi connectivity index (χ1n) is 6.13. The summed E-state index contributed by atoms with van der Waals surface area (Å²) in [6.07, 6.45) is 5.51. The number of nitrogens with one attached hydrogen (secondary N) is 1. The van der Waals surface area contributed by atoms with Crippen molar-refractivity contribution in [3.05, 3.63) is 54.1 Å². The van der Waals surface area contributed by atoms with Gasteiger partial charge in [0, 0.05) is 23.0 Å². The fourth-order valence-corrected chi connectivity index (χ4v) is 3.27. The lowest BCUT2D eigenvalue weighted by atomic mass is 10.0. The number of rotatable bonds is 2. The summed E-state index contributed by atoms with van der Waals surface area (Å²) in [7, 11) is 0. The largest absolute Gasteiger partial charge is 0.344 e. The smallest absolute Gasteiger partial charge is 0.271 e. The Balaban J connectivity index is 1.80. The summed E-state index contributed by atoms with van der Waals surface area (Å²) in [5, 5.41) is 3.04.